The molecule has 1 atom stereocenters. The molecule has 4 aromatic rings. The van der Waals surface area contributed by atoms with Crippen molar-refractivity contribution < 1.29 is 28.6 Å². The van der Waals surface area contributed by atoms with Crippen LogP contribution >= 0.6 is 11.6 Å². The van der Waals surface area contributed by atoms with Crippen LogP contribution in [0.25, 0.3) is 11.0 Å². The van der Waals surface area contributed by atoms with E-state index in [1.807, 2.05) is 6.92 Å². The van der Waals surface area contributed by atoms with E-state index in [9.17, 15) is 14.7 Å². The zero-order valence-corrected chi connectivity index (χ0v) is 20.3. The highest BCUT2D eigenvalue weighted by Gasteiger charge is 2.45. The number of fused-ring (bicyclic) bond motifs is 1. The Hall–Kier alpha value is -4.23. The number of halogens is 1. The number of Topliss-reactive ketones (excluding diaryl/α,β-unsaturated/α-hetero) is 1. The van der Waals surface area contributed by atoms with Crippen LogP contribution in [-0.4, -0.2) is 30.5 Å². The number of para-hydroxylation sites is 1. The monoisotopic (exact) mass is 503 g/mol. The van der Waals surface area contributed by atoms with Crippen molar-refractivity contribution in [2.24, 2.45) is 0 Å². The van der Waals surface area contributed by atoms with E-state index in [1.54, 1.807) is 72.8 Å². The molecule has 8 heteroatoms. The molecule has 0 aliphatic carbocycles. The van der Waals surface area contributed by atoms with Crippen molar-refractivity contribution >= 4 is 39.9 Å². The van der Waals surface area contributed by atoms with Crippen molar-refractivity contribution in [3.05, 3.63) is 100 Å². The van der Waals surface area contributed by atoms with E-state index in [-0.39, 0.29) is 11.3 Å². The third kappa shape index (κ3) is 3.97. The first-order valence-electron chi connectivity index (χ1n) is 11.3. The van der Waals surface area contributed by atoms with E-state index in [2.05, 4.69) is 0 Å². The first-order chi connectivity index (χ1) is 17.4. The number of aliphatic hydroxyl groups is 1. The molecule has 0 radical (unpaired) electrons. The van der Waals surface area contributed by atoms with Gasteiger partial charge in [-0.3, -0.25) is 14.5 Å². The van der Waals surface area contributed by atoms with Crippen LogP contribution in [0.2, 0.25) is 5.02 Å². The molecule has 1 aliphatic rings. The van der Waals surface area contributed by atoms with E-state index >= 15 is 0 Å². The lowest BCUT2D eigenvalue weighted by Crippen LogP contribution is -2.31. The molecule has 5 rings (SSSR count). The van der Waals surface area contributed by atoms with Gasteiger partial charge in [0, 0.05) is 16.1 Å². The molecular formula is C28H22ClNO6. The van der Waals surface area contributed by atoms with Gasteiger partial charge in [0.05, 0.1) is 25.3 Å². The molecule has 0 saturated carbocycles. The van der Waals surface area contributed by atoms with Gasteiger partial charge < -0.3 is 19.0 Å². The van der Waals surface area contributed by atoms with E-state index in [0.29, 0.717) is 45.3 Å². The maximum atomic E-state index is 13.8. The summed E-state index contributed by atoms with van der Waals surface area (Å²) >= 11 is 6.21. The number of hydrogen-bond acceptors (Lipinski definition) is 6. The largest absolute Gasteiger partial charge is 0.503 e. The lowest BCUT2D eigenvalue weighted by atomic mass is 9.94. The molecule has 1 aliphatic heterocycles. The molecule has 2 heterocycles. The smallest absolute Gasteiger partial charge is 0.294 e. The van der Waals surface area contributed by atoms with Crippen LogP contribution in [0.3, 0.4) is 0 Å². The van der Waals surface area contributed by atoms with Crippen molar-refractivity contribution in [3.8, 4) is 11.5 Å². The zero-order chi connectivity index (χ0) is 25.4. The Morgan fingerprint density at radius 2 is 1.86 bits per heavy atom. The highest BCUT2D eigenvalue weighted by Crippen LogP contribution is 2.43. The SMILES string of the molecule is CCOc1cccc(C2C(C(=O)c3cc4cccc(OC)c4o3)=C(O)C(=O)N2c2cccc(Cl)c2)c1. The number of rotatable bonds is 7. The van der Waals surface area contributed by atoms with Crippen LogP contribution < -0.4 is 14.4 Å². The second kappa shape index (κ2) is 9.43. The molecule has 3 aromatic carbocycles. The van der Waals surface area contributed by atoms with Crippen molar-refractivity contribution in [2.45, 2.75) is 13.0 Å². The van der Waals surface area contributed by atoms with Gasteiger partial charge in [0.25, 0.3) is 5.91 Å². The zero-order valence-electron chi connectivity index (χ0n) is 19.5. The molecule has 1 amide bonds. The third-order valence-electron chi connectivity index (χ3n) is 5.98. The van der Waals surface area contributed by atoms with Crippen LogP contribution in [-0.2, 0) is 4.79 Å². The molecule has 36 heavy (non-hydrogen) atoms. The highest BCUT2D eigenvalue weighted by atomic mass is 35.5. The van der Waals surface area contributed by atoms with E-state index < -0.39 is 23.5 Å². The summed E-state index contributed by atoms with van der Waals surface area (Å²) in [5.41, 5.74) is 1.30. The fourth-order valence-electron chi connectivity index (χ4n) is 4.43. The van der Waals surface area contributed by atoms with Crippen molar-refractivity contribution in [3.63, 3.8) is 0 Å². The average molecular weight is 504 g/mol. The van der Waals surface area contributed by atoms with Crippen molar-refractivity contribution in [1.82, 2.24) is 0 Å². The Morgan fingerprint density at radius 3 is 2.61 bits per heavy atom. The number of aliphatic hydroxyl groups excluding tert-OH is 1. The Morgan fingerprint density at radius 1 is 1.08 bits per heavy atom. The molecule has 0 fully saturated rings. The Bertz CT molecular complexity index is 1520. The summed E-state index contributed by atoms with van der Waals surface area (Å²) in [6, 6.07) is 19.6. The number of amides is 1. The van der Waals surface area contributed by atoms with Gasteiger partial charge >= 0.3 is 0 Å². The van der Waals surface area contributed by atoms with Crippen LogP contribution in [0.1, 0.15) is 29.1 Å². The Balaban J connectivity index is 1.67. The molecule has 0 spiro atoms. The fraction of sp³-hybridized carbons (Fsp3) is 0.143. The number of benzene rings is 3. The van der Waals surface area contributed by atoms with Crippen LogP contribution in [0.4, 0.5) is 5.69 Å². The van der Waals surface area contributed by atoms with Gasteiger partial charge in [-0.25, -0.2) is 0 Å². The molecule has 1 unspecified atom stereocenters. The summed E-state index contributed by atoms with van der Waals surface area (Å²) in [7, 11) is 1.51. The second-order valence-electron chi connectivity index (χ2n) is 8.14. The molecule has 182 valence electrons. The molecule has 1 aromatic heterocycles. The average Bonchev–Trinajstić information content (AvgIpc) is 3.43. The quantitative estimate of drug-likeness (QED) is 0.299. The highest BCUT2D eigenvalue weighted by molar-refractivity contribution is 6.31. The summed E-state index contributed by atoms with van der Waals surface area (Å²) < 4.78 is 16.8. The minimum absolute atomic E-state index is 0.0252. The number of furan rings is 1. The molecule has 1 N–H and O–H groups in total. The fourth-order valence-corrected chi connectivity index (χ4v) is 4.61. The Kier molecular flexibility index (Phi) is 6.16. The van der Waals surface area contributed by atoms with Crippen molar-refractivity contribution in [2.75, 3.05) is 18.6 Å². The third-order valence-corrected chi connectivity index (χ3v) is 6.21. The van der Waals surface area contributed by atoms with E-state index in [4.69, 9.17) is 25.5 Å². The van der Waals surface area contributed by atoms with E-state index in [1.165, 1.54) is 12.0 Å². The number of methoxy groups -OCH3 is 1. The topological polar surface area (TPSA) is 89.2 Å². The van der Waals surface area contributed by atoms with Gasteiger partial charge in [0.2, 0.25) is 5.78 Å². The summed E-state index contributed by atoms with van der Waals surface area (Å²) in [6.45, 7) is 2.30. The minimum atomic E-state index is -0.945. The van der Waals surface area contributed by atoms with Crippen LogP contribution in [0.15, 0.2) is 88.5 Å². The van der Waals surface area contributed by atoms with Crippen LogP contribution in [0.5, 0.6) is 11.5 Å². The number of nitrogens with zero attached hydrogens (tertiary/aromatic N) is 1. The standard InChI is InChI=1S/C28H22ClNO6/c1-3-35-20-11-4-7-16(13-20)24-23(26(32)28(33)30(24)19-10-6-9-18(29)15-19)25(31)22-14-17-8-5-12-21(34-2)27(17)36-22/h4-15,24,32H,3H2,1-2H3. The van der Waals surface area contributed by atoms with Gasteiger partial charge in [-0.1, -0.05) is 41.9 Å². The second-order valence-corrected chi connectivity index (χ2v) is 8.58. The van der Waals surface area contributed by atoms with E-state index in [0.717, 1.165) is 0 Å². The lowest BCUT2D eigenvalue weighted by molar-refractivity contribution is -0.117. The predicted octanol–water partition coefficient (Wildman–Crippen LogP) is 6.28. The van der Waals surface area contributed by atoms with Crippen LogP contribution in [0, 0.1) is 0 Å². The van der Waals surface area contributed by atoms with Gasteiger partial charge in [-0.05, 0) is 55.0 Å². The molecule has 0 saturated heterocycles. The number of ether oxygens (including phenoxy) is 2. The summed E-state index contributed by atoms with van der Waals surface area (Å²) in [5, 5.41) is 12.1. The molecular weight excluding hydrogens is 482 g/mol. The van der Waals surface area contributed by atoms with Gasteiger partial charge in [0.15, 0.2) is 22.9 Å². The number of carbonyl (C=O) groups is 2. The summed E-state index contributed by atoms with van der Waals surface area (Å²) in [6.07, 6.45) is 0. The van der Waals surface area contributed by atoms with Gasteiger partial charge in [-0.2, -0.15) is 0 Å². The lowest BCUT2D eigenvalue weighted by Gasteiger charge is -2.27. The maximum Gasteiger partial charge on any atom is 0.294 e. The molecule has 0 bridgehead atoms. The van der Waals surface area contributed by atoms with Gasteiger partial charge in [-0.15, -0.1) is 0 Å². The normalized spacial score (nSPS) is 15.6. The first kappa shape index (κ1) is 23.5. The minimum Gasteiger partial charge on any atom is -0.503 e. The number of hydrogen-bond donors (Lipinski definition) is 1. The summed E-state index contributed by atoms with van der Waals surface area (Å²) in [4.78, 5) is 28.5. The predicted molar refractivity (Wildman–Crippen MR) is 136 cm³/mol. The number of ketones is 1. The molecule has 7 nitrogen and oxygen atoms in total. The first-order valence-corrected chi connectivity index (χ1v) is 11.7. The van der Waals surface area contributed by atoms with Gasteiger partial charge in [0.1, 0.15) is 5.75 Å². The summed E-state index contributed by atoms with van der Waals surface area (Å²) in [5.74, 6) is -0.979. The Labute approximate surface area is 212 Å². The maximum absolute atomic E-state index is 13.8. The number of carbonyl (C=O) groups excluding carboxylic acids is 2. The van der Waals surface area contributed by atoms with Crippen molar-refractivity contribution in [1.29, 1.82) is 0 Å². The number of anilines is 1.